The van der Waals surface area contributed by atoms with E-state index in [2.05, 4.69) is 17.0 Å². The van der Waals surface area contributed by atoms with Gasteiger partial charge in [0.25, 0.3) is 5.91 Å². The molecule has 24 heavy (non-hydrogen) atoms. The van der Waals surface area contributed by atoms with Gasteiger partial charge in [0, 0.05) is 6.04 Å². The van der Waals surface area contributed by atoms with E-state index in [-0.39, 0.29) is 17.4 Å². The lowest BCUT2D eigenvalue weighted by Gasteiger charge is -2.29. The van der Waals surface area contributed by atoms with E-state index in [1.807, 2.05) is 6.07 Å². The monoisotopic (exact) mass is 334 g/mol. The summed E-state index contributed by atoms with van der Waals surface area (Å²) >= 11 is 0. The number of ether oxygens (including phenoxy) is 1. The van der Waals surface area contributed by atoms with Crippen molar-refractivity contribution in [1.82, 2.24) is 5.32 Å². The third-order valence-corrected chi connectivity index (χ3v) is 4.21. The first kappa shape index (κ1) is 17.9. The van der Waals surface area contributed by atoms with E-state index >= 15 is 0 Å². The topological polar surface area (TPSA) is 62.1 Å². The van der Waals surface area contributed by atoms with Crippen molar-refractivity contribution in [3.05, 3.63) is 35.4 Å². The molecule has 0 unspecified atom stereocenters. The number of carbonyl (C=O) groups is 1. The predicted octanol–water partition coefficient (Wildman–Crippen LogP) is 3.89. The molecule has 1 amide bonds. The number of benzene rings is 1. The molecule has 0 aliphatic heterocycles. The molecule has 1 fully saturated rings. The van der Waals surface area contributed by atoms with Gasteiger partial charge < -0.3 is 10.1 Å². The lowest BCUT2D eigenvalue weighted by atomic mass is 9.86. The molecule has 1 aliphatic rings. The highest BCUT2D eigenvalue weighted by Crippen LogP contribution is 2.24. The fourth-order valence-electron chi connectivity index (χ4n) is 2.84. The predicted molar refractivity (Wildman–Crippen MR) is 86.2 cm³/mol. The lowest BCUT2D eigenvalue weighted by molar-refractivity contribution is -0.118. The molecule has 2 rings (SSSR count). The summed E-state index contributed by atoms with van der Waals surface area (Å²) < 4.78 is 28.5. The Morgan fingerprint density at radius 1 is 1.33 bits per heavy atom. The van der Waals surface area contributed by atoms with Crippen molar-refractivity contribution in [2.75, 3.05) is 0 Å². The maximum absolute atomic E-state index is 12.3. The second-order valence-corrected chi connectivity index (χ2v) is 5.96. The van der Waals surface area contributed by atoms with E-state index < -0.39 is 12.5 Å². The van der Waals surface area contributed by atoms with E-state index in [9.17, 15) is 18.8 Å². The molecule has 1 N–H and O–H groups in total. The summed E-state index contributed by atoms with van der Waals surface area (Å²) in [7, 11) is 0. The summed E-state index contributed by atoms with van der Waals surface area (Å²) in [5, 5.41) is 12.1. The highest BCUT2D eigenvalue weighted by Gasteiger charge is 2.24. The van der Waals surface area contributed by atoms with Crippen LogP contribution in [-0.4, -0.2) is 18.6 Å². The minimum atomic E-state index is -2.88. The molecule has 128 valence electrons. The smallest absolute Gasteiger partial charge is 0.387 e. The second-order valence-electron chi connectivity index (χ2n) is 5.96. The normalized spacial score (nSPS) is 21.2. The van der Waals surface area contributed by atoms with Gasteiger partial charge in [-0.2, -0.15) is 14.0 Å². The number of nitrogens with zero attached hydrogens (tertiary/aromatic N) is 1. The van der Waals surface area contributed by atoms with Crippen LogP contribution in [0.25, 0.3) is 6.08 Å². The number of alkyl halides is 2. The molecule has 0 bridgehead atoms. The van der Waals surface area contributed by atoms with Gasteiger partial charge in [-0.05, 0) is 42.5 Å². The van der Waals surface area contributed by atoms with E-state index in [0.29, 0.717) is 11.5 Å². The van der Waals surface area contributed by atoms with E-state index in [1.54, 1.807) is 0 Å². The van der Waals surface area contributed by atoms with Crippen LogP contribution < -0.4 is 10.1 Å². The summed E-state index contributed by atoms with van der Waals surface area (Å²) in [5.74, 6) is 0.0266. The van der Waals surface area contributed by atoms with Crippen LogP contribution in [0, 0.1) is 17.2 Å². The van der Waals surface area contributed by atoms with Gasteiger partial charge in [0.05, 0.1) is 0 Å². The van der Waals surface area contributed by atoms with Crippen LogP contribution in [0.15, 0.2) is 29.8 Å². The van der Waals surface area contributed by atoms with Gasteiger partial charge in [0.1, 0.15) is 17.4 Å². The van der Waals surface area contributed by atoms with Gasteiger partial charge in [-0.25, -0.2) is 0 Å². The fraction of sp³-hybridized carbons (Fsp3) is 0.444. The highest BCUT2D eigenvalue weighted by atomic mass is 19.3. The molecule has 1 aromatic rings. The summed E-state index contributed by atoms with van der Waals surface area (Å²) in [4.78, 5) is 12.3. The Kier molecular flexibility index (Phi) is 6.30. The minimum absolute atomic E-state index is 0.00435. The summed E-state index contributed by atoms with van der Waals surface area (Å²) in [6, 6.07) is 7.76. The van der Waals surface area contributed by atoms with Crippen LogP contribution in [-0.2, 0) is 4.79 Å². The van der Waals surface area contributed by atoms with Crippen LogP contribution >= 0.6 is 0 Å². The van der Waals surface area contributed by atoms with Crippen molar-refractivity contribution >= 4 is 12.0 Å². The van der Waals surface area contributed by atoms with Crippen molar-refractivity contribution in [1.29, 1.82) is 5.26 Å². The number of halogens is 2. The average Bonchev–Trinajstić information content (AvgIpc) is 2.55. The van der Waals surface area contributed by atoms with Gasteiger partial charge in [0.2, 0.25) is 0 Å². The molecule has 1 aromatic carbocycles. The zero-order chi connectivity index (χ0) is 17.5. The molecule has 0 saturated heterocycles. The number of nitrogens with one attached hydrogen (secondary N) is 1. The van der Waals surface area contributed by atoms with Gasteiger partial charge in [-0.3, -0.25) is 4.79 Å². The quantitative estimate of drug-likeness (QED) is 0.656. The lowest BCUT2D eigenvalue weighted by Crippen LogP contribution is -2.41. The largest absolute Gasteiger partial charge is 0.435 e. The summed E-state index contributed by atoms with van der Waals surface area (Å²) in [5.41, 5.74) is 0.565. The Morgan fingerprint density at radius 2 is 2.00 bits per heavy atom. The molecule has 0 heterocycles. The van der Waals surface area contributed by atoms with E-state index in [0.717, 1.165) is 19.3 Å². The SMILES string of the molecule is C[C@@H]1CCCC[C@H]1NC(=O)/C(C#N)=C/c1ccc(OC(F)F)cc1. The number of hydrogen-bond acceptors (Lipinski definition) is 3. The fourth-order valence-corrected chi connectivity index (χ4v) is 2.84. The van der Waals surface area contributed by atoms with Crippen LogP contribution in [0.4, 0.5) is 8.78 Å². The Hall–Kier alpha value is -2.42. The van der Waals surface area contributed by atoms with Crippen LogP contribution in [0.1, 0.15) is 38.2 Å². The van der Waals surface area contributed by atoms with Crippen molar-refractivity contribution in [2.24, 2.45) is 5.92 Å². The van der Waals surface area contributed by atoms with Crippen molar-refractivity contribution in [3.8, 4) is 11.8 Å². The molecule has 0 spiro atoms. The van der Waals surface area contributed by atoms with Gasteiger partial charge in [-0.15, -0.1) is 0 Å². The molecule has 6 heteroatoms. The van der Waals surface area contributed by atoms with Crippen LogP contribution in [0.5, 0.6) is 5.75 Å². The Labute approximate surface area is 140 Å². The van der Waals surface area contributed by atoms with E-state index in [1.165, 1.54) is 36.8 Å². The maximum Gasteiger partial charge on any atom is 0.387 e. The van der Waals surface area contributed by atoms with Gasteiger partial charge in [0.15, 0.2) is 0 Å². The number of amides is 1. The molecule has 2 atom stereocenters. The Morgan fingerprint density at radius 3 is 2.58 bits per heavy atom. The third kappa shape index (κ3) is 5.05. The average molecular weight is 334 g/mol. The second kappa shape index (κ2) is 8.44. The zero-order valence-corrected chi connectivity index (χ0v) is 13.5. The first-order chi connectivity index (χ1) is 11.5. The highest BCUT2D eigenvalue weighted by molar-refractivity contribution is 6.01. The molecule has 1 saturated carbocycles. The summed E-state index contributed by atoms with van der Waals surface area (Å²) in [6.45, 7) is -0.786. The first-order valence-corrected chi connectivity index (χ1v) is 7.97. The van der Waals surface area contributed by atoms with E-state index in [4.69, 9.17) is 0 Å². The molecule has 0 radical (unpaired) electrons. The summed E-state index contributed by atoms with van der Waals surface area (Å²) in [6.07, 6.45) is 5.68. The minimum Gasteiger partial charge on any atom is -0.435 e. The van der Waals surface area contributed by atoms with Crippen molar-refractivity contribution in [3.63, 3.8) is 0 Å². The molecular formula is C18H20F2N2O2. The van der Waals surface area contributed by atoms with Gasteiger partial charge in [-0.1, -0.05) is 31.9 Å². The van der Waals surface area contributed by atoms with Crippen molar-refractivity contribution < 1.29 is 18.3 Å². The van der Waals surface area contributed by atoms with Crippen LogP contribution in [0.3, 0.4) is 0 Å². The Balaban J connectivity index is 2.05. The van der Waals surface area contributed by atoms with Crippen molar-refractivity contribution in [2.45, 2.75) is 45.3 Å². The number of nitriles is 1. The first-order valence-electron chi connectivity index (χ1n) is 7.97. The Bertz CT molecular complexity index is 635. The zero-order valence-electron chi connectivity index (χ0n) is 13.5. The molecule has 1 aliphatic carbocycles. The number of rotatable bonds is 5. The third-order valence-electron chi connectivity index (χ3n) is 4.21. The number of carbonyl (C=O) groups excluding carboxylic acids is 1. The van der Waals surface area contributed by atoms with Gasteiger partial charge >= 0.3 is 6.61 Å². The molecular weight excluding hydrogens is 314 g/mol. The maximum atomic E-state index is 12.3. The standard InChI is InChI=1S/C18H20F2N2O2/c1-12-4-2-3-5-16(12)22-17(23)14(11-21)10-13-6-8-15(9-7-13)24-18(19)20/h6-10,12,16,18H,2-5H2,1H3,(H,22,23)/b14-10+/t12-,16-/m1/s1. The van der Waals surface area contributed by atoms with Crippen LogP contribution in [0.2, 0.25) is 0 Å². The molecule has 4 nitrogen and oxygen atoms in total. The number of hydrogen-bond donors (Lipinski definition) is 1. The molecule has 0 aromatic heterocycles.